The first kappa shape index (κ1) is 32.3. The monoisotopic (exact) mass is 615 g/mol. The van der Waals surface area contributed by atoms with Gasteiger partial charge in [-0.1, -0.05) is 50.3 Å². The zero-order chi connectivity index (χ0) is 31.1. The van der Waals surface area contributed by atoms with E-state index >= 15 is 0 Å². The number of hydrogen-bond acceptors (Lipinski definition) is 8. The summed E-state index contributed by atoms with van der Waals surface area (Å²) in [6.07, 6.45) is -0.599. The smallest absolute Gasteiger partial charge is 0.410 e. The molecule has 1 aliphatic carbocycles. The number of fused-ring (bicyclic) bond motifs is 1. The Bertz CT molecular complexity index is 1350. The highest BCUT2D eigenvalue weighted by atomic mass is 32.2. The van der Waals surface area contributed by atoms with Crippen molar-refractivity contribution in [2.45, 2.75) is 68.4 Å². The van der Waals surface area contributed by atoms with Gasteiger partial charge < -0.3 is 24.6 Å². The third kappa shape index (κ3) is 8.07. The maximum absolute atomic E-state index is 13.6. The number of benzene rings is 2. The summed E-state index contributed by atoms with van der Waals surface area (Å²) >= 11 is 0. The Morgan fingerprint density at radius 1 is 1.16 bits per heavy atom. The summed E-state index contributed by atoms with van der Waals surface area (Å²) in [7, 11) is -2.47. The minimum atomic E-state index is -3.97. The molecular formula is C31H41N3O8S. The average Bonchev–Trinajstić information content (AvgIpc) is 3.48. The molecular weight excluding hydrogens is 574 g/mol. The maximum Gasteiger partial charge on any atom is 0.410 e. The molecule has 2 fully saturated rings. The molecule has 0 bridgehead atoms. The molecule has 1 heterocycles. The first-order valence-corrected chi connectivity index (χ1v) is 15.9. The molecule has 1 saturated heterocycles. The van der Waals surface area contributed by atoms with Gasteiger partial charge in [-0.3, -0.25) is 4.90 Å². The highest BCUT2D eigenvalue weighted by Crippen LogP contribution is 2.35. The number of nitrogens with zero attached hydrogens (tertiary/aromatic N) is 2. The van der Waals surface area contributed by atoms with Gasteiger partial charge in [-0.15, -0.1) is 6.58 Å². The van der Waals surface area contributed by atoms with Crippen LogP contribution in [0.2, 0.25) is 0 Å². The fourth-order valence-electron chi connectivity index (χ4n) is 5.56. The number of amides is 2. The van der Waals surface area contributed by atoms with Gasteiger partial charge in [-0.05, 0) is 42.2 Å². The molecule has 2 aromatic rings. The molecule has 2 N–H and O–H groups in total. The maximum atomic E-state index is 13.6. The first-order chi connectivity index (χ1) is 20.5. The van der Waals surface area contributed by atoms with Crippen LogP contribution in [0.5, 0.6) is 5.75 Å². The molecule has 0 unspecified atom stereocenters. The van der Waals surface area contributed by atoms with E-state index in [0.29, 0.717) is 25.1 Å². The van der Waals surface area contributed by atoms with Gasteiger partial charge in [0.25, 0.3) is 0 Å². The van der Waals surface area contributed by atoms with E-state index in [1.54, 1.807) is 23.1 Å². The fourth-order valence-corrected chi connectivity index (χ4v) is 7.19. The third-order valence-electron chi connectivity index (χ3n) is 7.64. The van der Waals surface area contributed by atoms with Gasteiger partial charge in [0.05, 0.1) is 30.2 Å². The number of aliphatic hydroxyl groups is 1. The predicted molar refractivity (Wildman–Crippen MR) is 160 cm³/mol. The molecule has 12 heteroatoms. The second-order valence-corrected chi connectivity index (χ2v) is 13.3. The van der Waals surface area contributed by atoms with Gasteiger partial charge in [0, 0.05) is 32.5 Å². The molecule has 1 saturated carbocycles. The van der Waals surface area contributed by atoms with Crippen molar-refractivity contribution in [3.05, 3.63) is 72.8 Å². The Morgan fingerprint density at radius 2 is 1.86 bits per heavy atom. The van der Waals surface area contributed by atoms with Crippen molar-refractivity contribution >= 4 is 22.2 Å². The van der Waals surface area contributed by atoms with E-state index in [1.807, 2.05) is 44.2 Å². The predicted octanol–water partition coefficient (Wildman–Crippen LogP) is 3.58. The van der Waals surface area contributed by atoms with E-state index in [0.717, 1.165) is 5.56 Å². The van der Waals surface area contributed by atoms with Gasteiger partial charge in [0.15, 0.2) is 0 Å². The fraction of sp³-hybridized carbons (Fsp3) is 0.484. The minimum Gasteiger partial charge on any atom is -0.497 e. The van der Waals surface area contributed by atoms with Crippen LogP contribution in [0.3, 0.4) is 0 Å². The second kappa shape index (κ2) is 14.2. The van der Waals surface area contributed by atoms with Gasteiger partial charge in [-0.2, -0.15) is 4.31 Å². The topological polar surface area (TPSA) is 135 Å². The van der Waals surface area contributed by atoms with Crippen LogP contribution in [0.1, 0.15) is 32.3 Å². The highest BCUT2D eigenvalue weighted by molar-refractivity contribution is 7.89. The minimum absolute atomic E-state index is 0.0257. The van der Waals surface area contributed by atoms with E-state index in [2.05, 4.69) is 11.9 Å². The van der Waals surface area contributed by atoms with Crippen molar-refractivity contribution in [1.29, 1.82) is 0 Å². The van der Waals surface area contributed by atoms with Crippen LogP contribution in [0, 0.1) is 5.92 Å². The molecule has 0 aromatic heterocycles. The summed E-state index contributed by atoms with van der Waals surface area (Å²) in [5.74, 6) is 0.500. The molecule has 234 valence electrons. The molecule has 43 heavy (non-hydrogen) atoms. The van der Waals surface area contributed by atoms with E-state index in [1.165, 1.54) is 23.5 Å². The van der Waals surface area contributed by atoms with Crippen molar-refractivity contribution in [1.82, 2.24) is 14.5 Å². The lowest BCUT2D eigenvalue weighted by Crippen LogP contribution is -2.51. The van der Waals surface area contributed by atoms with Crippen LogP contribution < -0.4 is 10.1 Å². The Kier molecular flexibility index (Phi) is 10.7. The second-order valence-electron chi connectivity index (χ2n) is 11.3. The summed E-state index contributed by atoms with van der Waals surface area (Å²) in [6, 6.07) is 14.3. The number of methoxy groups -OCH3 is 1. The number of rotatable bonds is 14. The lowest BCUT2D eigenvalue weighted by atomic mass is 10.0. The highest BCUT2D eigenvalue weighted by Gasteiger charge is 2.49. The molecule has 1 aliphatic heterocycles. The molecule has 0 spiro atoms. The summed E-state index contributed by atoms with van der Waals surface area (Å²) in [5, 5.41) is 14.2. The number of carbonyl (C=O) groups is 2. The number of nitrogens with one attached hydrogen (secondary N) is 1. The van der Waals surface area contributed by atoms with Gasteiger partial charge in [0.2, 0.25) is 10.0 Å². The zero-order valence-corrected chi connectivity index (χ0v) is 25.6. The normalized spacial score (nSPS) is 21.3. The summed E-state index contributed by atoms with van der Waals surface area (Å²) < 4.78 is 44.8. The van der Waals surface area contributed by atoms with Crippen LogP contribution in [0.4, 0.5) is 9.59 Å². The Hall–Kier alpha value is -3.61. The van der Waals surface area contributed by atoms with Crippen LogP contribution in [-0.4, -0.2) is 92.1 Å². The van der Waals surface area contributed by atoms with Crippen molar-refractivity contribution in [2.75, 3.05) is 26.7 Å². The van der Waals surface area contributed by atoms with Crippen molar-refractivity contribution < 1.29 is 37.3 Å². The number of alkyl carbamates (subject to hydrolysis) is 1. The lowest BCUT2D eigenvalue weighted by molar-refractivity contribution is 0.0620. The van der Waals surface area contributed by atoms with Crippen LogP contribution in [0.15, 0.2) is 72.1 Å². The quantitative estimate of drug-likeness (QED) is 0.308. The van der Waals surface area contributed by atoms with E-state index in [-0.39, 0.29) is 42.5 Å². The van der Waals surface area contributed by atoms with E-state index in [4.69, 9.17) is 14.2 Å². The van der Waals surface area contributed by atoms with Crippen LogP contribution >= 0.6 is 0 Å². The Balaban J connectivity index is 1.48. The van der Waals surface area contributed by atoms with Crippen molar-refractivity contribution in [3.63, 3.8) is 0 Å². The molecule has 2 aliphatic rings. The third-order valence-corrected chi connectivity index (χ3v) is 9.48. The van der Waals surface area contributed by atoms with Crippen LogP contribution in [0.25, 0.3) is 0 Å². The Labute approximate surface area is 253 Å². The van der Waals surface area contributed by atoms with Gasteiger partial charge >= 0.3 is 12.2 Å². The average molecular weight is 616 g/mol. The van der Waals surface area contributed by atoms with Crippen molar-refractivity contribution in [2.24, 2.45) is 5.92 Å². The van der Waals surface area contributed by atoms with Gasteiger partial charge in [-0.25, -0.2) is 18.0 Å². The Morgan fingerprint density at radius 3 is 2.49 bits per heavy atom. The summed E-state index contributed by atoms with van der Waals surface area (Å²) in [4.78, 5) is 26.9. The molecule has 11 nitrogen and oxygen atoms in total. The largest absolute Gasteiger partial charge is 0.497 e. The summed E-state index contributed by atoms with van der Waals surface area (Å²) in [6.45, 7) is 7.73. The number of carbonyl (C=O) groups excluding carboxylic acids is 2. The SMILES string of the molecule is C=CCN1C(=O)O[C@@H]2C[C@H](OC(=O)N[C@@H](Cc3ccccc3)[C@H](O)CN(CC(C)C)S(=O)(=O)c3ccc(OC)cc3)C[C@@H]21. The van der Waals surface area contributed by atoms with E-state index in [9.17, 15) is 23.1 Å². The molecule has 5 atom stereocenters. The molecule has 0 radical (unpaired) electrons. The molecule has 2 aromatic carbocycles. The number of hydrogen-bond donors (Lipinski definition) is 2. The van der Waals surface area contributed by atoms with E-state index < -0.39 is 40.5 Å². The first-order valence-electron chi connectivity index (χ1n) is 14.4. The molecule has 4 rings (SSSR count). The van der Waals surface area contributed by atoms with Crippen molar-refractivity contribution in [3.8, 4) is 5.75 Å². The number of aliphatic hydroxyl groups excluding tert-OH is 1. The lowest BCUT2D eigenvalue weighted by Gasteiger charge is -2.31. The standard InChI is InChI=1S/C31H41N3O8S/c1-5-15-34-27-17-24(18-29(27)42-31(34)37)41-30(36)32-26(16-22-9-7-6-8-10-22)28(35)20-33(19-21(2)3)43(38,39)25-13-11-23(40-4)12-14-25/h5-14,21,24,26-29,35H,1,15-20H2,2-4H3,(H,32,36)/t24-,26+,27+,28-,29-/m1/s1. The van der Waals surface area contributed by atoms with Crippen LogP contribution in [-0.2, 0) is 25.9 Å². The number of ether oxygens (including phenoxy) is 3. The number of sulfonamides is 1. The molecule has 2 amide bonds. The summed E-state index contributed by atoms with van der Waals surface area (Å²) in [5.41, 5.74) is 0.850. The van der Waals surface area contributed by atoms with Gasteiger partial charge in [0.1, 0.15) is 18.0 Å². The zero-order valence-electron chi connectivity index (χ0n) is 24.8.